The minimum Gasteiger partial charge on any atom is -0.143 e. The van der Waals surface area contributed by atoms with Crippen LogP contribution in [-0.4, -0.2) is 5.75 Å². The lowest BCUT2D eigenvalue weighted by Gasteiger charge is -2.17. The molecule has 0 aliphatic carbocycles. The number of thioether (sulfide) groups is 1. The number of rotatable bonds is 2. The summed E-state index contributed by atoms with van der Waals surface area (Å²) in [6.07, 6.45) is 0. The average molecular weight is 212 g/mol. The summed E-state index contributed by atoms with van der Waals surface area (Å²) in [5.41, 5.74) is 0.393. The van der Waals surface area contributed by atoms with Crippen LogP contribution in [-0.2, 0) is 0 Å². The zero-order valence-corrected chi connectivity index (χ0v) is 10.1. The van der Waals surface area contributed by atoms with Crippen LogP contribution in [0.5, 0.6) is 0 Å². The Morgan fingerprint density at radius 3 is 2.15 bits per heavy atom. The van der Waals surface area contributed by atoms with E-state index in [9.17, 15) is 0 Å². The highest BCUT2D eigenvalue weighted by Crippen LogP contribution is 2.27. The van der Waals surface area contributed by atoms with Gasteiger partial charge in [0, 0.05) is 15.5 Å². The second-order valence-corrected chi connectivity index (χ2v) is 5.91. The van der Waals surface area contributed by atoms with Gasteiger partial charge in [0.1, 0.15) is 0 Å². The molecule has 0 bridgehead atoms. The van der Waals surface area contributed by atoms with Crippen molar-refractivity contribution >= 4 is 24.4 Å². The maximum Gasteiger partial charge on any atom is 0.00729 e. The summed E-state index contributed by atoms with van der Waals surface area (Å²) < 4.78 is 0. The Bertz CT molecular complexity index is 256. The fraction of sp³-hybridized carbons (Fsp3) is 0.455. The van der Waals surface area contributed by atoms with Crippen LogP contribution < -0.4 is 0 Å². The predicted octanol–water partition coefficient (Wildman–Crippen LogP) is 4.11. The zero-order valence-electron chi connectivity index (χ0n) is 8.37. The average Bonchev–Trinajstić information content (AvgIpc) is 2.02. The minimum absolute atomic E-state index is 0.393. The van der Waals surface area contributed by atoms with Gasteiger partial charge in [-0.3, -0.25) is 0 Å². The van der Waals surface area contributed by atoms with Crippen molar-refractivity contribution in [3.05, 3.63) is 24.3 Å². The van der Waals surface area contributed by atoms with Crippen LogP contribution in [0.3, 0.4) is 0 Å². The highest BCUT2D eigenvalue weighted by Gasteiger charge is 2.10. The zero-order chi connectivity index (χ0) is 9.90. The molecule has 0 fully saturated rings. The Balaban J connectivity index is 2.51. The molecule has 0 unspecified atom stereocenters. The first kappa shape index (κ1) is 11.0. The highest BCUT2D eigenvalue weighted by atomic mass is 32.2. The van der Waals surface area contributed by atoms with Crippen LogP contribution in [0.4, 0.5) is 0 Å². The number of hydrogen-bond donors (Lipinski definition) is 1. The summed E-state index contributed by atoms with van der Waals surface area (Å²) in [5, 5.41) is 0. The first-order valence-corrected chi connectivity index (χ1v) is 5.82. The lowest BCUT2D eigenvalue weighted by Crippen LogP contribution is -2.07. The van der Waals surface area contributed by atoms with Gasteiger partial charge >= 0.3 is 0 Å². The molecule has 0 heterocycles. The van der Waals surface area contributed by atoms with Gasteiger partial charge < -0.3 is 0 Å². The molecule has 0 N–H and O–H groups in total. The van der Waals surface area contributed by atoms with Gasteiger partial charge in [0.15, 0.2) is 0 Å². The van der Waals surface area contributed by atoms with Crippen molar-refractivity contribution in [2.24, 2.45) is 5.41 Å². The fourth-order valence-electron chi connectivity index (χ4n) is 0.842. The molecule has 1 aromatic rings. The van der Waals surface area contributed by atoms with E-state index in [-0.39, 0.29) is 0 Å². The van der Waals surface area contributed by atoms with E-state index in [1.54, 1.807) is 0 Å². The molecule has 2 heteroatoms. The van der Waals surface area contributed by atoms with Crippen molar-refractivity contribution in [1.29, 1.82) is 0 Å². The topological polar surface area (TPSA) is 0 Å². The summed E-state index contributed by atoms with van der Waals surface area (Å²) in [5.74, 6) is 1.15. The van der Waals surface area contributed by atoms with Crippen LogP contribution >= 0.6 is 24.4 Å². The molecular formula is C11H16S2. The molecular weight excluding hydrogens is 196 g/mol. The Labute approximate surface area is 90.5 Å². The normalized spacial score (nSPS) is 11.7. The minimum atomic E-state index is 0.393. The van der Waals surface area contributed by atoms with Gasteiger partial charge in [-0.1, -0.05) is 20.8 Å². The van der Waals surface area contributed by atoms with E-state index in [1.807, 2.05) is 23.9 Å². The summed E-state index contributed by atoms with van der Waals surface area (Å²) >= 11 is 6.15. The highest BCUT2D eigenvalue weighted by molar-refractivity contribution is 7.99. The molecule has 0 aliphatic rings. The second-order valence-electron chi connectivity index (χ2n) is 4.34. The van der Waals surface area contributed by atoms with Crippen molar-refractivity contribution in [2.75, 3.05) is 5.75 Å². The smallest absolute Gasteiger partial charge is 0.00729 e. The molecule has 0 nitrogen and oxygen atoms in total. The van der Waals surface area contributed by atoms with Gasteiger partial charge in [0.05, 0.1) is 0 Å². The molecule has 13 heavy (non-hydrogen) atoms. The Morgan fingerprint density at radius 2 is 1.69 bits per heavy atom. The third-order valence-corrected chi connectivity index (χ3v) is 3.42. The lowest BCUT2D eigenvalue weighted by atomic mass is 10.0. The van der Waals surface area contributed by atoms with Gasteiger partial charge in [-0.2, -0.15) is 0 Å². The predicted molar refractivity (Wildman–Crippen MR) is 63.9 cm³/mol. The standard InChI is InChI=1S/C11H16S2/c1-11(2,3)8-13-10-6-4-9(12)5-7-10/h4-7,12H,8H2,1-3H3. The number of hydrogen-bond acceptors (Lipinski definition) is 2. The van der Waals surface area contributed by atoms with E-state index < -0.39 is 0 Å². The maximum atomic E-state index is 4.25. The molecule has 0 saturated heterocycles. The summed E-state index contributed by atoms with van der Waals surface area (Å²) in [6, 6.07) is 8.32. The van der Waals surface area contributed by atoms with Gasteiger partial charge in [-0.25, -0.2) is 0 Å². The van der Waals surface area contributed by atoms with Crippen molar-refractivity contribution in [1.82, 2.24) is 0 Å². The van der Waals surface area contributed by atoms with Crippen molar-refractivity contribution in [3.63, 3.8) is 0 Å². The van der Waals surface area contributed by atoms with E-state index >= 15 is 0 Å². The molecule has 1 aromatic carbocycles. The van der Waals surface area contributed by atoms with E-state index in [1.165, 1.54) is 4.90 Å². The van der Waals surface area contributed by atoms with Gasteiger partial charge in [0.25, 0.3) is 0 Å². The number of benzene rings is 1. The quantitative estimate of drug-likeness (QED) is 0.568. The van der Waals surface area contributed by atoms with E-state index in [0.29, 0.717) is 5.41 Å². The van der Waals surface area contributed by atoms with Gasteiger partial charge in [-0.15, -0.1) is 24.4 Å². The van der Waals surface area contributed by atoms with E-state index in [0.717, 1.165) is 10.6 Å². The summed E-state index contributed by atoms with van der Waals surface area (Å²) in [4.78, 5) is 2.35. The molecule has 0 saturated carbocycles. The molecule has 72 valence electrons. The largest absolute Gasteiger partial charge is 0.143 e. The van der Waals surface area contributed by atoms with E-state index in [4.69, 9.17) is 0 Å². The van der Waals surface area contributed by atoms with Crippen molar-refractivity contribution < 1.29 is 0 Å². The molecule has 1 rings (SSSR count). The molecule has 0 spiro atoms. The fourth-order valence-corrected chi connectivity index (χ4v) is 1.92. The van der Waals surface area contributed by atoms with Crippen molar-refractivity contribution in [3.8, 4) is 0 Å². The molecule has 0 atom stereocenters. The molecule has 0 radical (unpaired) electrons. The Kier molecular flexibility index (Phi) is 3.74. The van der Waals surface area contributed by atoms with Crippen LogP contribution in [0.2, 0.25) is 0 Å². The monoisotopic (exact) mass is 212 g/mol. The van der Waals surface area contributed by atoms with Crippen LogP contribution in [0.25, 0.3) is 0 Å². The SMILES string of the molecule is CC(C)(C)CSc1ccc(S)cc1. The Morgan fingerprint density at radius 1 is 1.15 bits per heavy atom. The Hall–Kier alpha value is -0.0800. The lowest BCUT2D eigenvalue weighted by molar-refractivity contribution is 0.481. The first-order valence-electron chi connectivity index (χ1n) is 4.39. The molecule has 0 aromatic heterocycles. The van der Waals surface area contributed by atoms with E-state index in [2.05, 4.69) is 45.5 Å². The third-order valence-electron chi connectivity index (χ3n) is 1.51. The first-order chi connectivity index (χ1) is 5.97. The van der Waals surface area contributed by atoms with Crippen molar-refractivity contribution in [2.45, 2.75) is 30.6 Å². The summed E-state index contributed by atoms with van der Waals surface area (Å²) in [6.45, 7) is 6.77. The molecule has 0 amide bonds. The maximum absolute atomic E-state index is 4.25. The van der Waals surface area contributed by atoms with Gasteiger partial charge in [0.2, 0.25) is 0 Å². The van der Waals surface area contributed by atoms with Crippen LogP contribution in [0.1, 0.15) is 20.8 Å². The number of thiol groups is 1. The van der Waals surface area contributed by atoms with Crippen LogP contribution in [0.15, 0.2) is 34.1 Å². The molecule has 0 aliphatic heterocycles. The van der Waals surface area contributed by atoms with Gasteiger partial charge in [-0.05, 0) is 29.7 Å². The van der Waals surface area contributed by atoms with Crippen LogP contribution in [0, 0.1) is 5.41 Å². The second kappa shape index (κ2) is 4.43. The summed E-state index contributed by atoms with van der Waals surface area (Å²) in [7, 11) is 0. The third kappa shape index (κ3) is 4.63.